The Morgan fingerprint density at radius 2 is 1.88 bits per heavy atom. The van der Waals surface area contributed by atoms with Gasteiger partial charge in [0.2, 0.25) is 11.8 Å². The molecular weight excluding hydrogens is 328 g/mol. The predicted molar refractivity (Wildman–Crippen MR) is 103 cm³/mol. The molecule has 2 N–H and O–H groups in total. The summed E-state index contributed by atoms with van der Waals surface area (Å²) >= 11 is 0. The van der Waals surface area contributed by atoms with E-state index in [-0.39, 0.29) is 18.2 Å². The van der Waals surface area contributed by atoms with Crippen molar-refractivity contribution in [1.29, 1.82) is 0 Å². The molecular formula is C21H24N2O3. The molecule has 1 heterocycles. The van der Waals surface area contributed by atoms with Crippen LogP contribution in [0.1, 0.15) is 24.8 Å². The van der Waals surface area contributed by atoms with Crippen molar-refractivity contribution in [3.05, 3.63) is 54.6 Å². The van der Waals surface area contributed by atoms with E-state index in [1.807, 2.05) is 43.3 Å². The van der Waals surface area contributed by atoms with Crippen LogP contribution in [0, 0.1) is 6.92 Å². The summed E-state index contributed by atoms with van der Waals surface area (Å²) in [5.41, 5.74) is 0.767. The van der Waals surface area contributed by atoms with Crippen LogP contribution in [-0.4, -0.2) is 40.5 Å². The number of hydrogen-bond acceptors (Lipinski definition) is 3. The van der Waals surface area contributed by atoms with Crippen LogP contribution in [0.25, 0.3) is 10.8 Å². The lowest BCUT2D eigenvalue weighted by molar-refractivity contribution is -0.132. The van der Waals surface area contributed by atoms with Gasteiger partial charge in [0, 0.05) is 24.2 Å². The highest BCUT2D eigenvalue weighted by Crippen LogP contribution is 2.29. The fourth-order valence-electron chi connectivity index (χ4n) is 3.58. The molecule has 0 atom stereocenters. The van der Waals surface area contributed by atoms with Crippen LogP contribution in [-0.2, 0) is 9.59 Å². The zero-order valence-electron chi connectivity index (χ0n) is 15.0. The summed E-state index contributed by atoms with van der Waals surface area (Å²) in [5.74, 6) is -0.352. The van der Waals surface area contributed by atoms with Crippen molar-refractivity contribution in [1.82, 2.24) is 4.90 Å². The van der Waals surface area contributed by atoms with E-state index in [1.54, 1.807) is 4.90 Å². The first-order valence-corrected chi connectivity index (χ1v) is 8.84. The van der Waals surface area contributed by atoms with Gasteiger partial charge in [0.15, 0.2) is 0 Å². The number of aryl methyl sites for hydroxylation is 1. The smallest absolute Gasteiger partial charge is 0.245 e. The minimum Gasteiger partial charge on any atom is -0.389 e. The van der Waals surface area contributed by atoms with Crippen molar-refractivity contribution in [3.63, 3.8) is 0 Å². The van der Waals surface area contributed by atoms with E-state index in [2.05, 4.69) is 11.9 Å². The van der Waals surface area contributed by atoms with Crippen LogP contribution in [0.4, 0.5) is 5.69 Å². The molecule has 2 amide bonds. The van der Waals surface area contributed by atoms with Crippen LogP contribution < -0.4 is 5.32 Å². The number of nitrogens with zero attached hydrogens (tertiary/aromatic N) is 1. The number of fused-ring (bicyclic) bond motifs is 1. The van der Waals surface area contributed by atoms with Crippen molar-refractivity contribution < 1.29 is 14.7 Å². The van der Waals surface area contributed by atoms with Gasteiger partial charge in [-0.25, -0.2) is 0 Å². The van der Waals surface area contributed by atoms with Gasteiger partial charge in [-0.05, 0) is 42.9 Å². The monoisotopic (exact) mass is 352 g/mol. The van der Waals surface area contributed by atoms with Crippen molar-refractivity contribution in [2.45, 2.75) is 31.8 Å². The van der Waals surface area contributed by atoms with E-state index in [4.69, 9.17) is 0 Å². The lowest BCUT2D eigenvalue weighted by Gasteiger charge is -2.37. The Labute approximate surface area is 153 Å². The number of rotatable bonds is 4. The number of aliphatic hydroxyl groups is 1. The number of carbonyl (C=O) groups is 2. The fraction of sp³-hybridized carbons (Fsp3) is 0.333. The molecule has 0 saturated carbocycles. The average Bonchev–Trinajstić information content (AvgIpc) is 2.61. The summed E-state index contributed by atoms with van der Waals surface area (Å²) < 4.78 is 0. The molecule has 3 rings (SSSR count). The molecule has 1 aliphatic heterocycles. The molecule has 5 heteroatoms. The highest BCUT2D eigenvalue weighted by molar-refractivity contribution is 6.03. The molecule has 0 aliphatic carbocycles. The largest absolute Gasteiger partial charge is 0.389 e. The van der Waals surface area contributed by atoms with E-state index in [1.165, 1.54) is 6.08 Å². The number of nitrogens with one attached hydrogen (secondary N) is 1. The molecule has 1 saturated heterocycles. The van der Waals surface area contributed by atoms with Crippen LogP contribution in [0.5, 0.6) is 0 Å². The third-order valence-corrected chi connectivity index (χ3v) is 5.06. The number of anilines is 1. The summed E-state index contributed by atoms with van der Waals surface area (Å²) in [6, 6.07) is 11.8. The molecule has 0 aromatic heterocycles. The molecule has 0 spiro atoms. The lowest BCUT2D eigenvalue weighted by Crippen LogP contribution is -2.47. The molecule has 136 valence electrons. The Bertz CT molecular complexity index is 846. The maximum absolute atomic E-state index is 12.5. The van der Waals surface area contributed by atoms with Crippen molar-refractivity contribution in [2.24, 2.45) is 0 Å². The maximum atomic E-state index is 12.5. The number of likely N-dealkylation sites (tertiary alicyclic amines) is 1. The minimum absolute atomic E-state index is 0.0192. The molecule has 0 radical (unpaired) electrons. The highest BCUT2D eigenvalue weighted by Gasteiger charge is 2.35. The van der Waals surface area contributed by atoms with Gasteiger partial charge < -0.3 is 15.3 Å². The Balaban J connectivity index is 1.68. The van der Waals surface area contributed by atoms with Gasteiger partial charge in [0.25, 0.3) is 0 Å². The van der Waals surface area contributed by atoms with Crippen LogP contribution in [0.2, 0.25) is 0 Å². The van der Waals surface area contributed by atoms with Crippen LogP contribution in [0.3, 0.4) is 0 Å². The summed E-state index contributed by atoms with van der Waals surface area (Å²) in [6.07, 6.45) is 2.06. The second-order valence-corrected chi connectivity index (χ2v) is 6.96. The van der Waals surface area contributed by atoms with Gasteiger partial charge in [-0.3, -0.25) is 9.59 Å². The second kappa shape index (κ2) is 7.30. The molecule has 5 nitrogen and oxygen atoms in total. The van der Waals surface area contributed by atoms with Gasteiger partial charge >= 0.3 is 0 Å². The van der Waals surface area contributed by atoms with Crippen LogP contribution >= 0.6 is 0 Å². The number of hydrogen-bond donors (Lipinski definition) is 2. The highest BCUT2D eigenvalue weighted by atomic mass is 16.3. The van der Waals surface area contributed by atoms with Crippen molar-refractivity contribution >= 4 is 28.3 Å². The Morgan fingerprint density at radius 1 is 1.23 bits per heavy atom. The number of carbonyl (C=O) groups excluding carboxylic acids is 2. The zero-order valence-corrected chi connectivity index (χ0v) is 15.0. The summed E-state index contributed by atoms with van der Waals surface area (Å²) in [7, 11) is 0. The van der Waals surface area contributed by atoms with E-state index in [9.17, 15) is 14.7 Å². The molecule has 2 aromatic carbocycles. The Kier molecular flexibility index (Phi) is 5.09. The molecule has 1 aliphatic rings. The minimum atomic E-state index is -1.08. The molecule has 1 fully saturated rings. The summed E-state index contributed by atoms with van der Waals surface area (Å²) in [5, 5.41) is 15.8. The first kappa shape index (κ1) is 18.1. The molecule has 2 aromatic rings. The standard InChI is InChI=1S/C21H24N2O3/c1-3-19(25)23-12-10-21(26,11-13-23)14-18(24)22-17-9-5-8-16-7-4-6-15(2)20(16)17/h3-9,26H,1,10-14H2,2H3,(H,22,24). The van der Waals surface area contributed by atoms with E-state index < -0.39 is 5.60 Å². The van der Waals surface area contributed by atoms with E-state index in [0.717, 1.165) is 22.0 Å². The van der Waals surface area contributed by atoms with Gasteiger partial charge in [-0.2, -0.15) is 0 Å². The number of benzene rings is 2. The SMILES string of the molecule is C=CC(=O)N1CCC(O)(CC(=O)Nc2cccc3cccc(C)c23)CC1. The molecule has 0 bridgehead atoms. The van der Waals surface area contributed by atoms with Crippen LogP contribution in [0.15, 0.2) is 49.1 Å². The average molecular weight is 352 g/mol. The lowest BCUT2D eigenvalue weighted by atomic mass is 9.87. The van der Waals surface area contributed by atoms with E-state index in [0.29, 0.717) is 25.9 Å². The first-order valence-electron chi connectivity index (χ1n) is 8.84. The van der Waals surface area contributed by atoms with Crippen molar-refractivity contribution in [3.8, 4) is 0 Å². The fourth-order valence-corrected chi connectivity index (χ4v) is 3.58. The predicted octanol–water partition coefficient (Wildman–Crippen LogP) is 3.02. The normalized spacial score (nSPS) is 16.3. The van der Waals surface area contributed by atoms with Gasteiger partial charge in [-0.15, -0.1) is 0 Å². The van der Waals surface area contributed by atoms with Gasteiger partial charge in [0.05, 0.1) is 12.0 Å². The third-order valence-electron chi connectivity index (χ3n) is 5.06. The third kappa shape index (κ3) is 3.78. The number of amides is 2. The quantitative estimate of drug-likeness (QED) is 0.831. The first-order chi connectivity index (χ1) is 12.4. The Morgan fingerprint density at radius 3 is 2.54 bits per heavy atom. The van der Waals surface area contributed by atoms with Gasteiger partial charge in [0.1, 0.15) is 0 Å². The van der Waals surface area contributed by atoms with Crippen molar-refractivity contribution in [2.75, 3.05) is 18.4 Å². The second-order valence-electron chi connectivity index (χ2n) is 6.96. The Hall–Kier alpha value is -2.66. The number of piperidine rings is 1. The summed E-state index contributed by atoms with van der Waals surface area (Å²) in [4.78, 5) is 25.8. The maximum Gasteiger partial charge on any atom is 0.245 e. The van der Waals surface area contributed by atoms with Gasteiger partial charge in [-0.1, -0.05) is 36.9 Å². The van der Waals surface area contributed by atoms with E-state index >= 15 is 0 Å². The molecule has 26 heavy (non-hydrogen) atoms. The summed E-state index contributed by atoms with van der Waals surface area (Å²) in [6.45, 7) is 6.36. The zero-order chi connectivity index (χ0) is 18.7. The topological polar surface area (TPSA) is 69.6 Å². The molecule has 0 unspecified atom stereocenters.